The van der Waals surface area contributed by atoms with E-state index in [-0.39, 0.29) is 29.2 Å². The van der Waals surface area contributed by atoms with Gasteiger partial charge in [-0.1, -0.05) is 36.6 Å². The van der Waals surface area contributed by atoms with Crippen molar-refractivity contribution in [1.82, 2.24) is 10.2 Å². The standard InChI is InChI=1S/C20H25ClN2O2S/c21-16-7-5-15(6-8-16)20(9-10-20)12-22-18(24)17-11-26-13-23(17)19(25)14-3-1-2-4-14/h5-8,14,17H,1-4,9-13H2,(H,22,24)/t17-/m0/s1. The van der Waals surface area contributed by atoms with Gasteiger partial charge in [0.05, 0.1) is 5.88 Å². The fourth-order valence-corrected chi connectivity index (χ4v) is 5.47. The highest BCUT2D eigenvalue weighted by Gasteiger charge is 2.45. The molecule has 2 aliphatic carbocycles. The molecule has 3 fully saturated rings. The van der Waals surface area contributed by atoms with Crippen LogP contribution in [0.25, 0.3) is 0 Å². The first kappa shape index (κ1) is 18.2. The zero-order valence-electron chi connectivity index (χ0n) is 14.9. The Hall–Kier alpha value is -1.20. The molecule has 4 rings (SSSR count). The molecule has 3 aliphatic rings. The van der Waals surface area contributed by atoms with Crippen LogP contribution in [0.5, 0.6) is 0 Å². The number of carbonyl (C=O) groups is 2. The largest absolute Gasteiger partial charge is 0.353 e. The first-order valence-electron chi connectivity index (χ1n) is 9.51. The van der Waals surface area contributed by atoms with Crippen LogP contribution in [0.4, 0.5) is 0 Å². The molecular formula is C20H25ClN2O2S. The van der Waals surface area contributed by atoms with E-state index in [1.165, 1.54) is 5.56 Å². The number of rotatable bonds is 5. The second-order valence-corrected chi connectivity index (χ2v) is 9.25. The maximum atomic E-state index is 12.8. The second-order valence-electron chi connectivity index (χ2n) is 7.81. The van der Waals surface area contributed by atoms with Gasteiger partial charge in [0.15, 0.2) is 0 Å². The third-order valence-electron chi connectivity index (χ3n) is 6.08. The molecule has 0 aromatic heterocycles. The minimum atomic E-state index is -0.311. The smallest absolute Gasteiger partial charge is 0.243 e. The molecule has 6 heteroatoms. The molecule has 26 heavy (non-hydrogen) atoms. The highest BCUT2D eigenvalue weighted by molar-refractivity contribution is 7.99. The summed E-state index contributed by atoms with van der Waals surface area (Å²) in [6.45, 7) is 0.639. The number of nitrogens with one attached hydrogen (secondary N) is 1. The lowest BCUT2D eigenvalue weighted by molar-refractivity contribution is -0.141. The summed E-state index contributed by atoms with van der Waals surface area (Å²) in [4.78, 5) is 27.4. The average Bonchev–Trinajstić information content (AvgIpc) is 3.05. The molecule has 140 valence electrons. The zero-order chi connectivity index (χ0) is 18.1. The summed E-state index contributed by atoms with van der Waals surface area (Å²) in [7, 11) is 0. The Bertz CT molecular complexity index is 684. The van der Waals surface area contributed by atoms with Crippen LogP contribution in [0.15, 0.2) is 24.3 Å². The topological polar surface area (TPSA) is 49.4 Å². The van der Waals surface area contributed by atoms with Crippen molar-refractivity contribution in [3.8, 4) is 0 Å². The molecule has 4 nitrogen and oxygen atoms in total. The van der Waals surface area contributed by atoms with Crippen LogP contribution in [-0.2, 0) is 15.0 Å². The Kier molecular flexibility index (Phi) is 5.20. The highest BCUT2D eigenvalue weighted by atomic mass is 35.5. The monoisotopic (exact) mass is 392 g/mol. The number of nitrogens with zero attached hydrogens (tertiary/aromatic N) is 1. The van der Waals surface area contributed by atoms with Crippen molar-refractivity contribution in [2.45, 2.75) is 50.0 Å². The molecule has 1 saturated heterocycles. The lowest BCUT2D eigenvalue weighted by atomic mass is 9.96. The number of thioether (sulfide) groups is 1. The van der Waals surface area contributed by atoms with Gasteiger partial charge in [0, 0.05) is 28.7 Å². The third-order valence-corrected chi connectivity index (χ3v) is 7.35. The van der Waals surface area contributed by atoms with E-state index < -0.39 is 0 Å². The summed E-state index contributed by atoms with van der Waals surface area (Å²) in [5.74, 6) is 1.68. The minimum absolute atomic E-state index is 0.00147. The average molecular weight is 393 g/mol. The number of halogens is 1. The molecule has 0 spiro atoms. The van der Waals surface area contributed by atoms with Gasteiger partial charge in [-0.05, 0) is 43.4 Å². The molecule has 2 saturated carbocycles. The Labute approximate surface area is 164 Å². The van der Waals surface area contributed by atoms with Crippen LogP contribution in [0.1, 0.15) is 44.1 Å². The summed E-state index contributed by atoms with van der Waals surface area (Å²) >= 11 is 7.67. The number of hydrogen-bond donors (Lipinski definition) is 1. The van der Waals surface area contributed by atoms with E-state index >= 15 is 0 Å². The van der Waals surface area contributed by atoms with Crippen molar-refractivity contribution in [3.05, 3.63) is 34.9 Å². The first-order valence-corrected chi connectivity index (χ1v) is 11.0. The van der Waals surface area contributed by atoms with Crippen LogP contribution in [-0.4, -0.2) is 40.9 Å². The molecule has 1 heterocycles. The maximum absolute atomic E-state index is 12.8. The molecule has 1 aromatic carbocycles. The molecule has 1 atom stereocenters. The fourth-order valence-electron chi connectivity index (χ4n) is 4.18. The lowest BCUT2D eigenvalue weighted by Gasteiger charge is -2.26. The Morgan fingerprint density at radius 3 is 2.54 bits per heavy atom. The normalized spacial score (nSPS) is 24.7. The third kappa shape index (κ3) is 3.61. The van der Waals surface area contributed by atoms with E-state index in [2.05, 4.69) is 17.4 Å². The van der Waals surface area contributed by atoms with Gasteiger partial charge >= 0.3 is 0 Å². The number of carbonyl (C=O) groups excluding carboxylic acids is 2. The van der Waals surface area contributed by atoms with E-state index in [0.29, 0.717) is 18.2 Å². The first-order chi connectivity index (χ1) is 12.6. The van der Waals surface area contributed by atoms with Gasteiger partial charge < -0.3 is 10.2 Å². The Morgan fingerprint density at radius 1 is 1.19 bits per heavy atom. The highest BCUT2D eigenvalue weighted by Crippen LogP contribution is 2.47. The van der Waals surface area contributed by atoms with Gasteiger partial charge in [-0.3, -0.25) is 9.59 Å². The van der Waals surface area contributed by atoms with Gasteiger partial charge in [0.25, 0.3) is 0 Å². The minimum Gasteiger partial charge on any atom is -0.353 e. The molecule has 1 aliphatic heterocycles. The molecule has 1 aromatic rings. The van der Waals surface area contributed by atoms with E-state index in [4.69, 9.17) is 11.6 Å². The SMILES string of the molecule is O=C(NCC1(c2ccc(Cl)cc2)CC1)[C@@H]1CSCN1C(=O)C1CCCC1. The lowest BCUT2D eigenvalue weighted by Crippen LogP contribution is -2.50. The predicted molar refractivity (Wildman–Crippen MR) is 105 cm³/mol. The Balaban J connectivity index is 1.37. The fraction of sp³-hybridized carbons (Fsp3) is 0.600. The van der Waals surface area contributed by atoms with Crippen molar-refractivity contribution in [3.63, 3.8) is 0 Å². The van der Waals surface area contributed by atoms with E-state index in [1.54, 1.807) is 11.8 Å². The van der Waals surface area contributed by atoms with E-state index in [0.717, 1.165) is 43.5 Å². The number of amides is 2. The van der Waals surface area contributed by atoms with Crippen LogP contribution in [0, 0.1) is 5.92 Å². The molecule has 0 unspecified atom stereocenters. The van der Waals surface area contributed by atoms with Crippen molar-refractivity contribution >= 4 is 35.2 Å². The van der Waals surface area contributed by atoms with Crippen LogP contribution >= 0.6 is 23.4 Å². The quantitative estimate of drug-likeness (QED) is 0.833. The van der Waals surface area contributed by atoms with Crippen molar-refractivity contribution in [1.29, 1.82) is 0 Å². The van der Waals surface area contributed by atoms with Gasteiger partial charge in [0.1, 0.15) is 6.04 Å². The molecular weight excluding hydrogens is 368 g/mol. The summed E-state index contributed by atoms with van der Waals surface area (Å²) in [6, 6.07) is 7.63. The molecule has 1 N–H and O–H groups in total. The van der Waals surface area contributed by atoms with Crippen molar-refractivity contribution in [2.24, 2.45) is 5.92 Å². The van der Waals surface area contributed by atoms with Crippen molar-refractivity contribution < 1.29 is 9.59 Å². The molecule has 0 bridgehead atoms. The van der Waals surface area contributed by atoms with Crippen LogP contribution < -0.4 is 5.32 Å². The van der Waals surface area contributed by atoms with E-state index in [9.17, 15) is 9.59 Å². The van der Waals surface area contributed by atoms with Crippen LogP contribution in [0.2, 0.25) is 5.02 Å². The summed E-state index contributed by atoms with van der Waals surface area (Å²) < 4.78 is 0. The second kappa shape index (κ2) is 7.43. The van der Waals surface area contributed by atoms with Crippen molar-refractivity contribution in [2.75, 3.05) is 18.2 Å². The Morgan fingerprint density at radius 2 is 1.88 bits per heavy atom. The van der Waals surface area contributed by atoms with Crippen LogP contribution in [0.3, 0.4) is 0 Å². The summed E-state index contributed by atoms with van der Waals surface area (Å²) in [5.41, 5.74) is 1.29. The maximum Gasteiger partial charge on any atom is 0.243 e. The van der Waals surface area contributed by atoms with Gasteiger partial charge in [-0.25, -0.2) is 0 Å². The molecule has 0 radical (unpaired) electrons. The predicted octanol–water partition coefficient (Wildman–Crippen LogP) is 3.58. The van der Waals surface area contributed by atoms with E-state index in [1.807, 2.05) is 17.0 Å². The zero-order valence-corrected chi connectivity index (χ0v) is 16.5. The summed E-state index contributed by atoms with van der Waals surface area (Å²) in [5, 5.41) is 3.87. The summed E-state index contributed by atoms with van der Waals surface area (Å²) in [6.07, 6.45) is 6.40. The van der Waals surface area contributed by atoms with Gasteiger partial charge in [-0.2, -0.15) is 0 Å². The molecule has 2 amide bonds. The van der Waals surface area contributed by atoms with Gasteiger partial charge in [0.2, 0.25) is 11.8 Å². The number of benzene rings is 1. The number of hydrogen-bond acceptors (Lipinski definition) is 3. The van der Waals surface area contributed by atoms with Gasteiger partial charge in [-0.15, -0.1) is 11.8 Å².